The molecule has 1 fully saturated rings. The second-order valence-corrected chi connectivity index (χ2v) is 10.1. The Morgan fingerprint density at radius 2 is 1.64 bits per heavy atom. The molecule has 0 aromatic heterocycles. The number of likely N-dealkylation sites (tertiary alicyclic amines) is 1. The standard InChI is InChI=1S/C20H30N4O3S/c1-23-11-9-16(10-12-23)24(2)28(26,27)22-20(25)21-19-17-7-3-5-14(17)13-15-6-4-8-18(15)19/h13,16H,3-12H2,1-2H3,(H2,21,22,25). The number of nitrogens with zero attached hydrogens (tertiary/aromatic N) is 2. The van der Waals surface area contributed by atoms with Gasteiger partial charge < -0.3 is 10.2 Å². The van der Waals surface area contributed by atoms with Crippen LogP contribution in [0.25, 0.3) is 0 Å². The maximum atomic E-state index is 12.7. The van der Waals surface area contributed by atoms with E-state index >= 15 is 0 Å². The molecule has 7 nitrogen and oxygen atoms in total. The van der Waals surface area contributed by atoms with Crippen molar-refractivity contribution in [3.63, 3.8) is 0 Å². The van der Waals surface area contributed by atoms with E-state index < -0.39 is 16.2 Å². The minimum atomic E-state index is -3.87. The van der Waals surface area contributed by atoms with Crippen molar-refractivity contribution in [3.05, 3.63) is 28.3 Å². The highest BCUT2D eigenvalue weighted by molar-refractivity contribution is 7.87. The number of hydrogen-bond donors (Lipinski definition) is 2. The van der Waals surface area contributed by atoms with Crippen molar-refractivity contribution < 1.29 is 13.2 Å². The number of urea groups is 1. The number of anilines is 1. The van der Waals surface area contributed by atoms with E-state index in [2.05, 4.69) is 21.0 Å². The Morgan fingerprint density at radius 1 is 1.07 bits per heavy atom. The number of hydrogen-bond acceptors (Lipinski definition) is 4. The van der Waals surface area contributed by atoms with Crippen LogP contribution in [0.15, 0.2) is 6.07 Å². The van der Waals surface area contributed by atoms with Gasteiger partial charge in [-0.3, -0.25) is 0 Å². The normalized spacial score (nSPS) is 20.2. The van der Waals surface area contributed by atoms with E-state index in [0.29, 0.717) is 0 Å². The molecule has 2 amide bonds. The second kappa shape index (κ2) is 7.65. The van der Waals surface area contributed by atoms with Gasteiger partial charge in [0.15, 0.2) is 0 Å². The van der Waals surface area contributed by atoms with Gasteiger partial charge in [-0.2, -0.15) is 12.7 Å². The summed E-state index contributed by atoms with van der Waals surface area (Å²) in [6.45, 7) is 1.72. The predicted octanol–water partition coefficient (Wildman–Crippen LogP) is 2.06. The van der Waals surface area contributed by atoms with Crippen LogP contribution in [0.3, 0.4) is 0 Å². The topological polar surface area (TPSA) is 81.8 Å². The molecule has 1 aromatic rings. The first-order valence-electron chi connectivity index (χ1n) is 10.3. The highest BCUT2D eigenvalue weighted by Gasteiger charge is 2.31. The predicted molar refractivity (Wildman–Crippen MR) is 110 cm³/mol. The Balaban J connectivity index is 1.48. The fraction of sp³-hybridized carbons (Fsp3) is 0.650. The van der Waals surface area contributed by atoms with Crippen LogP contribution >= 0.6 is 0 Å². The zero-order chi connectivity index (χ0) is 19.9. The highest BCUT2D eigenvalue weighted by Crippen LogP contribution is 2.38. The van der Waals surface area contributed by atoms with Gasteiger partial charge in [0.2, 0.25) is 0 Å². The van der Waals surface area contributed by atoms with E-state index in [4.69, 9.17) is 0 Å². The van der Waals surface area contributed by atoms with Crippen molar-refractivity contribution in [2.75, 3.05) is 32.5 Å². The first-order valence-corrected chi connectivity index (χ1v) is 11.7. The number of fused-ring (bicyclic) bond motifs is 2. The zero-order valence-corrected chi connectivity index (χ0v) is 17.6. The van der Waals surface area contributed by atoms with Crippen molar-refractivity contribution in [3.8, 4) is 0 Å². The fourth-order valence-electron chi connectivity index (χ4n) is 4.85. The minimum absolute atomic E-state index is 0.0771. The molecule has 28 heavy (non-hydrogen) atoms. The largest absolute Gasteiger partial charge is 0.333 e. The molecule has 0 atom stereocenters. The molecule has 1 aromatic carbocycles. The number of amides is 2. The van der Waals surface area contributed by atoms with Gasteiger partial charge in [0.05, 0.1) is 0 Å². The quantitative estimate of drug-likeness (QED) is 0.802. The average Bonchev–Trinajstić information content (AvgIpc) is 3.30. The van der Waals surface area contributed by atoms with E-state index in [9.17, 15) is 13.2 Å². The van der Waals surface area contributed by atoms with Crippen LogP contribution in [-0.4, -0.2) is 56.9 Å². The average molecular weight is 407 g/mol. The van der Waals surface area contributed by atoms with Crippen LogP contribution in [0.5, 0.6) is 0 Å². The zero-order valence-electron chi connectivity index (χ0n) is 16.8. The summed E-state index contributed by atoms with van der Waals surface area (Å²) >= 11 is 0. The molecule has 1 saturated heterocycles. The summed E-state index contributed by atoms with van der Waals surface area (Å²) < 4.78 is 29.0. The van der Waals surface area contributed by atoms with Crippen LogP contribution in [0.2, 0.25) is 0 Å². The van der Waals surface area contributed by atoms with Crippen molar-refractivity contribution in [2.45, 2.75) is 57.4 Å². The van der Waals surface area contributed by atoms with Crippen molar-refractivity contribution >= 4 is 21.9 Å². The maximum Gasteiger partial charge on any atom is 0.333 e. The Kier molecular flexibility index (Phi) is 5.37. The lowest BCUT2D eigenvalue weighted by Gasteiger charge is -2.34. The van der Waals surface area contributed by atoms with Crippen molar-refractivity contribution in [2.24, 2.45) is 0 Å². The fourth-order valence-corrected chi connectivity index (χ4v) is 5.88. The van der Waals surface area contributed by atoms with Gasteiger partial charge in [-0.25, -0.2) is 9.52 Å². The van der Waals surface area contributed by atoms with Gasteiger partial charge >= 0.3 is 16.2 Å². The number of carbonyl (C=O) groups excluding carboxylic acids is 1. The highest BCUT2D eigenvalue weighted by atomic mass is 32.2. The summed E-state index contributed by atoms with van der Waals surface area (Å²) in [5.41, 5.74) is 5.86. The molecule has 4 rings (SSSR count). The molecule has 1 aliphatic heterocycles. The lowest BCUT2D eigenvalue weighted by atomic mass is 9.99. The third-order valence-corrected chi connectivity index (χ3v) is 8.01. The van der Waals surface area contributed by atoms with E-state index in [1.54, 1.807) is 7.05 Å². The minimum Gasteiger partial charge on any atom is -0.307 e. The summed E-state index contributed by atoms with van der Waals surface area (Å²) in [6.07, 6.45) is 7.69. The second-order valence-electron chi connectivity index (χ2n) is 8.35. The molecular weight excluding hydrogens is 376 g/mol. The third-order valence-electron chi connectivity index (χ3n) is 6.51. The molecule has 2 aliphatic carbocycles. The molecular formula is C20H30N4O3S. The SMILES string of the molecule is CN1CCC(N(C)S(=O)(=O)NC(=O)Nc2c3c(cc4c2CCC4)CCC3)CC1. The van der Waals surface area contributed by atoms with E-state index in [1.165, 1.54) is 26.6 Å². The molecule has 0 radical (unpaired) electrons. The molecule has 154 valence electrons. The van der Waals surface area contributed by atoms with Gasteiger partial charge in [0.25, 0.3) is 0 Å². The van der Waals surface area contributed by atoms with E-state index in [1.807, 2.05) is 7.05 Å². The Bertz CT molecular complexity index is 844. The van der Waals surface area contributed by atoms with Gasteiger partial charge in [-0.15, -0.1) is 0 Å². The monoisotopic (exact) mass is 406 g/mol. The van der Waals surface area contributed by atoms with Crippen LogP contribution in [0.4, 0.5) is 10.5 Å². The number of benzene rings is 1. The van der Waals surface area contributed by atoms with Crippen LogP contribution in [0.1, 0.15) is 47.9 Å². The smallest absolute Gasteiger partial charge is 0.307 e. The first-order chi connectivity index (χ1) is 13.3. The number of nitrogens with one attached hydrogen (secondary N) is 2. The molecule has 1 heterocycles. The number of rotatable bonds is 4. The Hall–Kier alpha value is -1.64. The van der Waals surface area contributed by atoms with E-state index in [-0.39, 0.29) is 6.04 Å². The molecule has 0 bridgehead atoms. The lowest BCUT2D eigenvalue weighted by Crippen LogP contribution is -2.50. The Morgan fingerprint density at radius 3 is 2.21 bits per heavy atom. The van der Waals surface area contributed by atoms with Crippen molar-refractivity contribution in [1.82, 2.24) is 13.9 Å². The summed E-state index contributed by atoms with van der Waals surface area (Å²) in [6, 6.07) is 1.55. The number of piperidine rings is 1. The lowest BCUT2D eigenvalue weighted by molar-refractivity contribution is 0.196. The van der Waals surface area contributed by atoms with Crippen LogP contribution in [0, 0.1) is 0 Å². The third kappa shape index (κ3) is 3.77. The van der Waals surface area contributed by atoms with Gasteiger partial charge in [0.1, 0.15) is 0 Å². The summed E-state index contributed by atoms with van der Waals surface area (Å²) in [5, 5.41) is 2.90. The summed E-state index contributed by atoms with van der Waals surface area (Å²) in [4.78, 5) is 14.8. The molecule has 0 spiro atoms. The summed E-state index contributed by atoms with van der Waals surface area (Å²) in [5.74, 6) is 0. The van der Waals surface area contributed by atoms with Gasteiger partial charge in [0, 0.05) is 18.8 Å². The van der Waals surface area contributed by atoms with Gasteiger partial charge in [-0.1, -0.05) is 6.07 Å². The summed E-state index contributed by atoms with van der Waals surface area (Å²) in [7, 11) is -0.278. The first kappa shape index (κ1) is 19.7. The molecule has 3 aliphatic rings. The molecule has 0 unspecified atom stereocenters. The molecule has 2 N–H and O–H groups in total. The number of aryl methyl sites for hydroxylation is 2. The van der Waals surface area contributed by atoms with Crippen LogP contribution in [-0.2, 0) is 35.9 Å². The van der Waals surface area contributed by atoms with E-state index in [0.717, 1.165) is 70.1 Å². The molecule has 8 heteroatoms. The number of carbonyl (C=O) groups is 1. The van der Waals surface area contributed by atoms with Crippen molar-refractivity contribution in [1.29, 1.82) is 0 Å². The Labute approximate surface area is 167 Å². The van der Waals surface area contributed by atoms with Crippen LogP contribution < -0.4 is 10.0 Å². The van der Waals surface area contributed by atoms with Gasteiger partial charge in [-0.05, 0) is 93.8 Å². The maximum absolute atomic E-state index is 12.7. The molecule has 0 saturated carbocycles.